The summed E-state index contributed by atoms with van der Waals surface area (Å²) in [6.45, 7) is 4.81. The largest absolute Gasteiger partial charge is 0.493 e. The molecule has 3 aromatic rings. The van der Waals surface area contributed by atoms with E-state index in [0.29, 0.717) is 41.8 Å². The lowest BCUT2D eigenvalue weighted by Crippen LogP contribution is -2.49. The van der Waals surface area contributed by atoms with Gasteiger partial charge in [-0.15, -0.1) is 10.2 Å². The number of hydrogen-bond acceptors (Lipinski definition) is 7. The average molecular weight is 422 g/mol. The Hall–Kier alpha value is -3.23. The second-order valence-electron chi connectivity index (χ2n) is 7.51. The van der Waals surface area contributed by atoms with Crippen LogP contribution in [-0.2, 0) is 13.0 Å². The molecule has 2 atom stereocenters. The highest BCUT2D eigenvalue weighted by molar-refractivity contribution is 5.97. The van der Waals surface area contributed by atoms with Crippen LogP contribution >= 0.6 is 0 Å². The molecule has 4 rings (SSSR count). The number of ether oxygens (including phenoxy) is 1. The first-order chi connectivity index (χ1) is 15.0. The minimum absolute atomic E-state index is 0.121. The zero-order valence-corrected chi connectivity index (χ0v) is 17.6. The lowest BCUT2D eigenvalue weighted by Gasteiger charge is -2.30. The smallest absolute Gasteiger partial charge is 0.255 e. The van der Waals surface area contributed by atoms with Crippen LogP contribution in [0.3, 0.4) is 0 Å². The van der Waals surface area contributed by atoms with Crippen molar-refractivity contribution in [3.8, 4) is 17.2 Å². The van der Waals surface area contributed by atoms with Gasteiger partial charge in [0, 0.05) is 31.6 Å². The number of rotatable bonds is 7. The summed E-state index contributed by atoms with van der Waals surface area (Å²) in [7, 11) is 0. The summed E-state index contributed by atoms with van der Waals surface area (Å²) in [5.41, 5.74) is 3.52. The molecule has 0 bridgehead atoms. The van der Waals surface area contributed by atoms with Crippen molar-refractivity contribution in [2.45, 2.75) is 39.0 Å². The van der Waals surface area contributed by atoms with Crippen LogP contribution in [0.1, 0.15) is 34.3 Å². The Kier molecular flexibility index (Phi) is 6.29. The van der Waals surface area contributed by atoms with Crippen LogP contribution in [0.25, 0.3) is 11.5 Å². The maximum atomic E-state index is 12.8. The van der Waals surface area contributed by atoms with Crippen molar-refractivity contribution >= 4 is 5.91 Å². The maximum Gasteiger partial charge on any atom is 0.255 e. The molecule has 2 aromatic carbocycles. The molecule has 0 saturated carbocycles. The molecule has 0 radical (unpaired) electrons. The van der Waals surface area contributed by atoms with Crippen LogP contribution in [-0.4, -0.2) is 46.5 Å². The number of carbonyl (C=O) groups excluding carboxylic acids is 1. The van der Waals surface area contributed by atoms with Gasteiger partial charge in [-0.3, -0.25) is 4.79 Å². The number of carbonyl (C=O) groups is 1. The first-order valence-corrected chi connectivity index (χ1v) is 10.4. The van der Waals surface area contributed by atoms with E-state index >= 15 is 0 Å². The summed E-state index contributed by atoms with van der Waals surface area (Å²) in [6, 6.07) is 13.2. The van der Waals surface area contributed by atoms with Gasteiger partial charge >= 0.3 is 0 Å². The zero-order chi connectivity index (χ0) is 21.8. The molecule has 1 amide bonds. The summed E-state index contributed by atoms with van der Waals surface area (Å²) in [6.07, 6.45) is 0.00360. The van der Waals surface area contributed by atoms with Gasteiger partial charge in [0.2, 0.25) is 11.8 Å². The summed E-state index contributed by atoms with van der Waals surface area (Å²) < 4.78 is 11.1. The van der Waals surface area contributed by atoms with E-state index in [-0.39, 0.29) is 18.5 Å². The predicted molar refractivity (Wildman–Crippen MR) is 115 cm³/mol. The second kappa shape index (κ2) is 9.28. The predicted octanol–water partition coefficient (Wildman–Crippen LogP) is 2.25. The van der Waals surface area contributed by atoms with Crippen LogP contribution in [0.4, 0.5) is 0 Å². The van der Waals surface area contributed by atoms with E-state index in [9.17, 15) is 9.90 Å². The molecular weight excluding hydrogens is 396 g/mol. The molecule has 0 fully saturated rings. The molecule has 1 aliphatic rings. The first-order valence-electron chi connectivity index (χ1n) is 10.4. The molecule has 1 aliphatic heterocycles. The molecule has 0 saturated heterocycles. The Morgan fingerprint density at radius 1 is 1.29 bits per heavy atom. The van der Waals surface area contributed by atoms with E-state index in [1.807, 2.05) is 19.1 Å². The number of hydrogen-bond donors (Lipinski definition) is 3. The van der Waals surface area contributed by atoms with Crippen molar-refractivity contribution in [2.24, 2.45) is 0 Å². The second-order valence-corrected chi connectivity index (χ2v) is 7.51. The van der Waals surface area contributed by atoms with Crippen LogP contribution in [0.2, 0.25) is 0 Å². The highest BCUT2D eigenvalue weighted by Gasteiger charge is 2.25. The quantitative estimate of drug-likeness (QED) is 0.536. The summed E-state index contributed by atoms with van der Waals surface area (Å²) in [4.78, 5) is 12.8. The van der Waals surface area contributed by atoms with Crippen molar-refractivity contribution in [2.75, 3.05) is 13.2 Å². The van der Waals surface area contributed by atoms with Crippen molar-refractivity contribution in [1.29, 1.82) is 0 Å². The van der Waals surface area contributed by atoms with Crippen molar-refractivity contribution in [3.63, 3.8) is 0 Å². The van der Waals surface area contributed by atoms with E-state index < -0.39 is 6.10 Å². The Balaban J connectivity index is 1.42. The summed E-state index contributed by atoms with van der Waals surface area (Å²) in [5, 5.41) is 24.6. The normalized spacial score (nSPS) is 16.4. The number of nitrogens with zero attached hydrogens (tertiary/aromatic N) is 2. The van der Waals surface area contributed by atoms with Crippen molar-refractivity contribution in [1.82, 2.24) is 20.8 Å². The number of aliphatic hydroxyl groups is 1. The SMILES string of the molecule is CCOc1cc(-c2nnc(C)o2)ccc1C(=O)NC[C@@H](O)[C@@H]1Cc2ccccc2CN1. The minimum Gasteiger partial charge on any atom is -0.493 e. The molecular formula is C23H26N4O4. The van der Waals surface area contributed by atoms with Gasteiger partial charge in [0.1, 0.15) is 5.75 Å². The first kappa shape index (κ1) is 21.0. The summed E-state index contributed by atoms with van der Waals surface area (Å²) >= 11 is 0. The molecule has 8 heteroatoms. The number of nitrogens with one attached hydrogen (secondary N) is 2. The maximum absolute atomic E-state index is 12.8. The van der Waals surface area contributed by atoms with Gasteiger partial charge in [-0.25, -0.2) is 0 Å². The molecule has 2 heterocycles. The van der Waals surface area contributed by atoms with Gasteiger partial charge in [-0.1, -0.05) is 24.3 Å². The summed E-state index contributed by atoms with van der Waals surface area (Å²) in [5.74, 6) is 0.937. The monoisotopic (exact) mass is 422 g/mol. The fourth-order valence-electron chi connectivity index (χ4n) is 3.72. The highest BCUT2D eigenvalue weighted by Crippen LogP contribution is 2.27. The number of fused-ring (bicyclic) bond motifs is 1. The third-order valence-electron chi connectivity index (χ3n) is 5.35. The number of aliphatic hydroxyl groups excluding tert-OH is 1. The van der Waals surface area contributed by atoms with Gasteiger partial charge < -0.3 is 24.9 Å². The Morgan fingerprint density at radius 3 is 2.84 bits per heavy atom. The van der Waals surface area contributed by atoms with Crippen LogP contribution < -0.4 is 15.4 Å². The van der Waals surface area contributed by atoms with E-state index in [2.05, 4.69) is 33.0 Å². The Labute approximate surface area is 180 Å². The molecule has 3 N–H and O–H groups in total. The van der Waals surface area contributed by atoms with Crippen LogP contribution in [0.5, 0.6) is 5.75 Å². The third kappa shape index (κ3) is 4.76. The molecule has 1 aromatic heterocycles. The van der Waals surface area contributed by atoms with Crippen LogP contribution in [0, 0.1) is 6.92 Å². The average Bonchev–Trinajstić information content (AvgIpc) is 3.23. The Morgan fingerprint density at radius 2 is 2.10 bits per heavy atom. The van der Waals surface area contributed by atoms with Gasteiger partial charge in [-0.2, -0.15) is 0 Å². The molecule has 31 heavy (non-hydrogen) atoms. The fourth-order valence-corrected chi connectivity index (χ4v) is 3.72. The van der Waals surface area contributed by atoms with Crippen LogP contribution in [0.15, 0.2) is 46.9 Å². The highest BCUT2D eigenvalue weighted by atomic mass is 16.5. The lowest BCUT2D eigenvalue weighted by atomic mass is 9.93. The number of aryl methyl sites for hydroxylation is 1. The third-order valence-corrected chi connectivity index (χ3v) is 5.35. The standard InChI is InChI=1S/C23H26N4O4/c1-3-30-21-11-16(23-27-26-14(2)31-23)8-9-18(21)22(29)25-13-20(28)19-10-15-6-4-5-7-17(15)12-24-19/h4-9,11,19-20,24,28H,3,10,12-13H2,1-2H3,(H,25,29)/t19-,20+/m0/s1. The van der Waals surface area contributed by atoms with E-state index in [0.717, 1.165) is 6.42 Å². The zero-order valence-electron chi connectivity index (χ0n) is 17.6. The van der Waals surface area contributed by atoms with Gasteiger partial charge in [0.05, 0.1) is 18.3 Å². The Bertz CT molecular complexity index is 1070. The molecule has 8 nitrogen and oxygen atoms in total. The lowest BCUT2D eigenvalue weighted by molar-refractivity contribution is 0.0866. The molecule has 162 valence electrons. The van der Waals surface area contributed by atoms with E-state index in [1.165, 1.54) is 11.1 Å². The molecule has 0 aliphatic carbocycles. The molecule has 0 unspecified atom stereocenters. The van der Waals surface area contributed by atoms with Gasteiger partial charge in [0.25, 0.3) is 5.91 Å². The molecule has 0 spiro atoms. The number of amides is 1. The topological polar surface area (TPSA) is 110 Å². The fraction of sp³-hybridized carbons (Fsp3) is 0.348. The van der Waals surface area contributed by atoms with E-state index in [4.69, 9.17) is 9.15 Å². The minimum atomic E-state index is -0.714. The van der Waals surface area contributed by atoms with Crippen molar-refractivity contribution in [3.05, 3.63) is 65.0 Å². The number of aromatic nitrogens is 2. The van der Waals surface area contributed by atoms with E-state index in [1.54, 1.807) is 25.1 Å². The van der Waals surface area contributed by atoms with Gasteiger partial charge in [-0.05, 0) is 42.7 Å². The number of benzene rings is 2. The van der Waals surface area contributed by atoms with Gasteiger partial charge in [0.15, 0.2) is 0 Å². The van der Waals surface area contributed by atoms with Crippen molar-refractivity contribution < 1.29 is 19.1 Å².